The fraction of sp³-hybridized carbons (Fsp3) is 0.269. The molecule has 0 aliphatic carbocycles. The van der Waals surface area contributed by atoms with Gasteiger partial charge in [0.15, 0.2) is 4.88 Å². The Kier molecular flexibility index (Phi) is 6.62. The first-order chi connectivity index (χ1) is 16.5. The maximum atomic E-state index is 13.1. The molecule has 7 nitrogen and oxygen atoms in total. The number of carbonyl (C=O) groups is 2. The van der Waals surface area contributed by atoms with Crippen molar-refractivity contribution in [2.75, 3.05) is 0 Å². The highest BCUT2D eigenvalue weighted by Gasteiger charge is 2.28. The van der Waals surface area contributed by atoms with Gasteiger partial charge in [0.2, 0.25) is 0 Å². The second-order valence-corrected chi connectivity index (χ2v) is 10.5. The van der Waals surface area contributed by atoms with Crippen molar-refractivity contribution in [2.45, 2.75) is 46.3 Å². The van der Waals surface area contributed by atoms with E-state index in [9.17, 15) is 14.7 Å². The molecule has 0 aliphatic heterocycles. The van der Waals surface area contributed by atoms with Gasteiger partial charge in [-0.3, -0.25) is 4.40 Å². The van der Waals surface area contributed by atoms with Crippen molar-refractivity contribution in [2.24, 2.45) is 0 Å². The van der Waals surface area contributed by atoms with Crippen molar-refractivity contribution in [3.63, 3.8) is 0 Å². The monoisotopic (exact) mass is 512 g/mol. The SMILES string of the molecule is Cc1nc2cccc(C(=O)O)n2c1-c1cc(OC(C)c2ccccc2Cl)c(C(=O)OC(C)(C)C)s1. The highest BCUT2D eigenvalue weighted by Crippen LogP contribution is 2.41. The number of hydrogen-bond donors (Lipinski definition) is 1. The molecule has 0 saturated heterocycles. The van der Waals surface area contributed by atoms with Gasteiger partial charge in [0.1, 0.15) is 28.8 Å². The van der Waals surface area contributed by atoms with Crippen LogP contribution in [0.2, 0.25) is 5.02 Å². The van der Waals surface area contributed by atoms with Gasteiger partial charge in [0.05, 0.1) is 16.3 Å². The second kappa shape index (κ2) is 9.36. The van der Waals surface area contributed by atoms with E-state index in [1.807, 2.05) is 25.1 Å². The number of hydrogen-bond acceptors (Lipinski definition) is 6. The molecular formula is C26H25ClN2O5S. The molecule has 182 valence electrons. The number of rotatable bonds is 6. The quantitative estimate of drug-likeness (QED) is 0.285. The van der Waals surface area contributed by atoms with Crippen LogP contribution in [0.15, 0.2) is 48.5 Å². The standard InChI is InChI=1S/C26H25ClN2O5S/c1-14-22(29-18(24(30)31)11-8-12-21(29)28-14)20-13-19(23(35-20)25(32)34-26(3,4)5)33-15(2)16-9-6-7-10-17(16)27/h6-13,15H,1-5H3,(H,30,31). The van der Waals surface area contributed by atoms with E-state index in [0.717, 1.165) is 5.56 Å². The number of nitrogens with zero attached hydrogens (tertiary/aromatic N) is 2. The molecule has 0 bridgehead atoms. The molecule has 0 amide bonds. The lowest BCUT2D eigenvalue weighted by Crippen LogP contribution is -2.23. The number of benzene rings is 1. The first-order valence-electron chi connectivity index (χ1n) is 11.0. The molecule has 0 aliphatic rings. The summed E-state index contributed by atoms with van der Waals surface area (Å²) in [5, 5.41) is 10.3. The van der Waals surface area contributed by atoms with Crippen molar-refractivity contribution >= 4 is 40.5 Å². The normalized spacial score (nSPS) is 12.5. The Morgan fingerprint density at radius 3 is 2.51 bits per heavy atom. The predicted molar refractivity (Wildman–Crippen MR) is 136 cm³/mol. The zero-order valence-electron chi connectivity index (χ0n) is 20.0. The van der Waals surface area contributed by atoms with Gasteiger partial charge in [-0.15, -0.1) is 11.3 Å². The lowest BCUT2D eigenvalue weighted by molar-refractivity contribution is 0.00704. The van der Waals surface area contributed by atoms with E-state index in [2.05, 4.69) is 4.98 Å². The minimum atomic E-state index is -1.08. The van der Waals surface area contributed by atoms with Crippen LogP contribution in [-0.4, -0.2) is 32.0 Å². The molecule has 3 aromatic heterocycles. The number of aryl methyl sites for hydroxylation is 1. The maximum Gasteiger partial charge on any atom is 0.352 e. The van der Waals surface area contributed by atoms with Gasteiger partial charge in [-0.25, -0.2) is 14.6 Å². The summed E-state index contributed by atoms with van der Waals surface area (Å²) in [6.07, 6.45) is -0.454. The maximum absolute atomic E-state index is 13.1. The Hall–Kier alpha value is -3.36. The van der Waals surface area contributed by atoms with Crippen molar-refractivity contribution in [1.29, 1.82) is 0 Å². The summed E-state index contributed by atoms with van der Waals surface area (Å²) in [6, 6.07) is 14.0. The summed E-state index contributed by atoms with van der Waals surface area (Å²) in [5.74, 6) is -1.28. The molecule has 4 rings (SSSR count). The van der Waals surface area contributed by atoms with E-state index in [1.54, 1.807) is 56.4 Å². The minimum absolute atomic E-state index is 0.0669. The van der Waals surface area contributed by atoms with Crippen LogP contribution in [0.4, 0.5) is 0 Å². The van der Waals surface area contributed by atoms with E-state index in [4.69, 9.17) is 21.1 Å². The zero-order valence-corrected chi connectivity index (χ0v) is 21.5. The van der Waals surface area contributed by atoms with Crippen LogP contribution in [0, 0.1) is 6.92 Å². The molecule has 4 aromatic rings. The van der Waals surface area contributed by atoms with Crippen LogP contribution >= 0.6 is 22.9 Å². The van der Waals surface area contributed by atoms with E-state index < -0.39 is 23.6 Å². The molecule has 1 N–H and O–H groups in total. The fourth-order valence-electron chi connectivity index (χ4n) is 3.77. The Labute approximate surface area is 211 Å². The average molecular weight is 513 g/mol. The van der Waals surface area contributed by atoms with Gasteiger partial charge in [-0.1, -0.05) is 35.9 Å². The summed E-state index contributed by atoms with van der Waals surface area (Å²) in [4.78, 5) is 30.5. The summed E-state index contributed by atoms with van der Waals surface area (Å²) >= 11 is 7.53. The first kappa shape index (κ1) is 24.8. The number of pyridine rings is 1. The summed E-state index contributed by atoms with van der Waals surface area (Å²) in [7, 11) is 0. The van der Waals surface area contributed by atoms with Crippen LogP contribution in [0.5, 0.6) is 5.75 Å². The number of aromatic nitrogens is 2. The first-order valence-corrected chi connectivity index (χ1v) is 12.2. The molecule has 0 spiro atoms. The summed E-state index contributed by atoms with van der Waals surface area (Å²) < 4.78 is 13.4. The van der Waals surface area contributed by atoms with Crippen LogP contribution < -0.4 is 4.74 Å². The number of carbonyl (C=O) groups excluding carboxylic acids is 1. The van der Waals surface area contributed by atoms with Gasteiger partial charge >= 0.3 is 11.9 Å². The number of aromatic carboxylic acids is 1. The third-order valence-corrected chi connectivity index (χ3v) is 6.65. The number of fused-ring (bicyclic) bond motifs is 1. The Morgan fingerprint density at radius 2 is 1.86 bits per heavy atom. The van der Waals surface area contributed by atoms with Gasteiger partial charge in [-0.05, 0) is 52.8 Å². The Bertz CT molecular complexity index is 1430. The number of esters is 1. The summed E-state index contributed by atoms with van der Waals surface area (Å²) in [5.41, 5.74) is 1.84. The molecule has 1 atom stereocenters. The molecule has 35 heavy (non-hydrogen) atoms. The largest absolute Gasteiger partial charge is 0.484 e. The Balaban J connectivity index is 1.86. The topological polar surface area (TPSA) is 90.1 Å². The van der Waals surface area contributed by atoms with Crippen LogP contribution in [0.1, 0.15) is 65.2 Å². The molecule has 3 heterocycles. The van der Waals surface area contributed by atoms with Crippen molar-refractivity contribution in [1.82, 2.24) is 9.38 Å². The highest BCUT2D eigenvalue weighted by atomic mass is 35.5. The number of ether oxygens (including phenoxy) is 2. The molecule has 0 radical (unpaired) electrons. The van der Waals surface area contributed by atoms with Gasteiger partial charge < -0.3 is 14.6 Å². The fourth-order valence-corrected chi connectivity index (χ4v) is 5.11. The lowest BCUT2D eigenvalue weighted by atomic mass is 10.1. The molecular weight excluding hydrogens is 488 g/mol. The second-order valence-electron chi connectivity index (χ2n) is 9.04. The lowest BCUT2D eigenvalue weighted by Gasteiger charge is -2.20. The predicted octanol–water partition coefficient (Wildman–Crippen LogP) is 6.82. The van der Waals surface area contributed by atoms with Gasteiger partial charge in [0.25, 0.3) is 0 Å². The zero-order chi connectivity index (χ0) is 25.5. The molecule has 0 saturated carbocycles. The highest BCUT2D eigenvalue weighted by molar-refractivity contribution is 7.17. The molecule has 1 aromatic carbocycles. The molecule has 9 heteroatoms. The number of imidazole rings is 1. The third-order valence-electron chi connectivity index (χ3n) is 5.20. The van der Waals surface area contributed by atoms with Crippen LogP contribution in [-0.2, 0) is 4.74 Å². The van der Waals surface area contributed by atoms with Gasteiger partial charge in [0, 0.05) is 16.7 Å². The van der Waals surface area contributed by atoms with Crippen LogP contribution in [0.25, 0.3) is 16.2 Å². The third kappa shape index (κ3) is 5.04. The molecule has 0 fully saturated rings. The number of carboxylic acid groups (broad SMARTS) is 1. The summed E-state index contributed by atoms with van der Waals surface area (Å²) in [6.45, 7) is 9.02. The van der Waals surface area contributed by atoms with Crippen molar-refractivity contribution in [3.05, 3.63) is 75.4 Å². The number of carboxylic acids is 1. The van der Waals surface area contributed by atoms with E-state index in [-0.39, 0.29) is 10.6 Å². The van der Waals surface area contributed by atoms with Crippen LogP contribution in [0.3, 0.4) is 0 Å². The van der Waals surface area contributed by atoms with E-state index in [0.29, 0.717) is 32.7 Å². The van der Waals surface area contributed by atoms with E-state index in [1.165, 1.54) is 17.4 Å². The minimum Gasteiger partial charge on any atom is -0.484 e. The van der Waals surface area contributed by atoms with Crippen molar-refractivity contribution in [3.8, 4) is 16.3 Å². The van der Waals surface area contributed by atoms with Gasteiger partial charge in [-0.2, -0.15) is 0 Å². The van der Waals surface area contributed by atoms with E-state index >= 15 is 0 Å². The average Bonchev–Trinajstić information content (AvgIpc) is 3.32. The molecule has 1 unspecified atom stereocenters. The van der Waals surface area contributed by atoms with Crippen molar-refractivity contribution < 1.29 is 24.2 Å². The number of halogens is 1. The number of thiophene rings is 1. The Morgan fingerprint density at radius 1 is 1.14 bits per heavy atom. The smallest absolute Gasteiger partial charge is 0.352 e.